The Hall–Kier alpha value is -1.58. The van der Waals surface area contributed by atoms with Gasteiger partial charge in [-0.2, -0.15) is 0 Å². The van der Waals surface area contributed by atoms with E-state index in [1.54, 1.807) is 6.20 Å². The summed E-state index contributed by atoms with van der Waals surface area (Å²) >= 11 is 0. The third kappa shape index (κ3) is 1.61. The van der Waals surface area contributed by atoms with Gasteiger partial charge < -0.3 is 11.5 Å². The molecule has 0 bridgehead atoms. The first kappa shape index (κ1) is 9.51. The Balaban J connectivity index is 3.38. The Bertz CT molecular complexity index is 347. The monoisotopic (exact) mass is 179 g/mol. The second kappa shape index (κ2) is 3.43. The van der Waals surface area contributed by atoms with Crippen LogP contribution in [0.25, 0.3) is 0 Å². The smallest absolute Gasteiger partial charge is 0.252 e. The molecule has 13 heavy (non-hydrogen) atoms. The molecule has 1 amide bonds. The van der Waals surface area contributed by atoms with Crippen LogP contribution >= 0.6 is 0 Å². The molecular formula is C9H13N3O. The number of nitrogen functional groups attached to an aromatic ring is 1. The van der Waals surface area contributed by atoms with Crippen LogP contribution in [0.3, 0.4) is 0 Å². The molecule has 0 saturated carbocycles. The maximum Gasteiger partial charge on any atom is 0.252 e. The van der Waals surface area contributed by atoms with E-state index >= 15 is 0 Å². The van der Waals surface area contributed by atoms with Crippen molar-refractivity contribution in [2.24, 2.45) is 5.73 Å². The molecule has 4 nitrogen and oxygen atoms in total. The molecule has 0 radical (unpaired) electrons. The number of nitrogens with two attached hydrogens (primary N) is 2. The number of hydrogen-bond donors (Lipinski definition) is 2. The summed E-state index contributed by atoms with van der Waals surface area (Å²) in [6.07, 6.45) is 2.50. The van der Waals surface area contributed by atoms with Crippen LogP contribution in [-0.2, 0) is 6.42 Å². The highest BCUT2D eigenvalue weighted by Crippen LogP contribution is 2.17. The molecule has 0 fully saturated rings. The second-order valence-electron chi connectivity index (χ2n) is 2.89. The summed E-state index contributed by atoms with van der Waals surface area (Å²) in [5, 5.41) is 0. The number of carbonyl (C=O) groups excluding carboxylic acids is 1. The fourth-order valence-electron chi connectivity index (χ4n) is 1.33. The van der Waals surface area contributed by atoms with Crippen LogP contribution in [-0.4, -0.2) is 10.9 Å². The average Bonchev–Trinajstić information content (AvgIpc) is 2.04. The fourth-order valence-corrected chi connectivity index (χ4v) is 1.33. The Morgan fingerprint density at radius 1 is 1.62 bits per heavy atom. The summed E-state index contributed by atoms with van der Waals surface area (Å²) in [4.78, 5) is 14.9. The quantitative estimate of drug-likeness (QED) is 0.698. The number of pyridine rings is 1. The zero-order valence-corrected chi connectivity index (χ0v) is 7.79. The Morgan fingerprint density at radius 2 is 2.23 bits per heavy atom. The molecule has 70 valence electrons. The lowest BCUT2D eigenvalue weighted by atomic mass is 10.0. The normalized spacial score (nSPS) is 10.0. The zero-order chi connectivity index (χ0) is 10.0. The van der Waals surface area contributed by atoms with Gasteiger partial charge in [-0.15, -0.1) is 0 Å². The number of carbonyl (C=O) groups is 1. The van der Waals surface area contributed by atoms with Gasteiger partial charge in [-0.1, -0.05) is 6.92 Å². The van der Waals surface area contributed by atoms with Crippen LogP contribution in [0, 0.1) is 6.92 Å². The van der Waals surface area contributed by atoms with Gasteiger partial charge in [0.2, 0.25) is 0 Å². The predicted octanol–water partition coefficient (Wildman–Crippen LogP) is 0.634. The number of amides is 1. The summed E-state index contributed by atoms with van der Waals surface area (Å²) < 4.78 is 0. The highest BCUT2D eigenvalue weighted by molar-refractivity contribution is 5.98. The molecule has 1 rings (SSSR count). The lowest BCUT2D eigenvalue weighted by molar-refractivity contribution is 0.1000. The first-order valence-electron chi connectivity index (χ1n) is 4.11. The second-order valence-corrected chi connectivity index (χ2v) is 2.89. The van der Waals surface area contributed by atoms with E-state index in [9.17, 15) is 4.79 Å². The van der Waals surface area contributed by atoms with Gasteiger partial charge in [0, 0.05) is 6.20 Å². The first-order valence-corrected chi connectivity index (χ1v) is 4.11. The van der Waals surface area contributed by atoms with Crippen molar-refractivity contribution in [2.75, 3.05) is 5.73 Å². The van der Waals surface area contributed by atoms with Gasteiger partial charge in [0.25, 0.3) is 5.91 Å². The number of nitrogens with zero attached hydrogens (tertiary/aromatic N) is 1. The van der Waals surface area contributed by atoms with Crippen LogP contribution in [0.15, 0.2) is 6.20 Å². The molecule has 4 heteroatoms. The molecule has 1 heterocycles. The van der Waals surface area contributed by atoms with Crippen molar-refractivity contribution in [3.63, 3.8) is 0 Å². The van der Waals surface area contributed by atoms with E-state index < -0.39 is 5.91 Å². The number of anilines is 1. The molecule has 0 unspecified atom stereocenters. The number of rotatable bonds is 2. The average molecular weight is 179 g/mol. The molecule has 0 atom stereocenters. The van der Waals surface area contributed by atoms with Crippen LogP contribution in [0.5, 0.6) is 0 Å². The van der Waals surface area contributed by atoms with Gasteiger partial charge in [-0.25, -0.2) is 4.98 Å². The molecule has 0 aromatic carbocycles. The lowest BCUT2D eigenvalue weighted by Crippen LogP contribution is -2.17. The summed E-state index contributed by atoms with van der Waals surface area (Å²) in [5.74, 6) is -0.306. The number of hydrogen-bond acceptors (Lipinski definition) is 3. The van der Waals surface area contributed by atoms with E-state index in [2.05, 4.69) is 4.98 Å². The Labute approximate surface area is 77.0 Å². The molecule has 0 aliphatic heterocycles. The lowest BCUT2D eigenvalue weighted by Gasteiger charge is -2.08. The third-order valence-electron chi connectivity index (χ3n) is 2.10. The number of aryl methyl sites for hydroxylation is 1. The van der Waals surface area contributed by atoms with Crippen molar-refractivity contribution in [3.8, 4) is 0 Å². The molecule has 1 aromatic rings. The Kier molecular flexibility index (Phi) is 2.51. The highest BCUT2D eigenvalue weighted by Gasteiger charge is 2.12. The first-order chi connectivity index (χ1) is 6.07. The maximum atomic E-state index is 11.0. The summed E-state index contributed by atoms with van der Waals surface area (Å²) in [5.41, 5.74) is 12.9. The minimum Gasteiger partial charge on any atom is -0.383 e. The minimum absolute atomic E-state index is 0.210. The summed E-state index contributed by atoms with van der Waals surface area (Å²) in [6, 6.07) is 0. The molecule has 4 N–H and O–H groups in total. The van der Waals surface area contributed by atoms with Crippen molar-refractivity contribution in [1.82, 2.24) is 4.98 Å². The SMILES string of the molecule is CCc1cnc(N)c(C(N)=O)c1C. The van der Waals surface area contributed by atoms with Crippen molar-refractivity contribution >= 4 is 11.7 Å². The van der Waals surface area contributed by atoms with E-state index in [0.29, 0.717) is 5.56 Å². The van der Waals surface area contributed by atoms with Crippen LogP contribution < -0.4 is 11.5 Å². The van der Waals surface area contributed by atoms with Crippen molar-refractivity contribution in [1.29, 1.82) is 0 Å². The Morgan fingerprint density at radius 3 is 2.69 bits per heavy atom. The van der Waals surface area contributed by atoms with Crippen molar-refractivity contribution < 1.29 is 4.79 Å². The molecule has 1 aromatic heterocycles. The molecule has 0 aliphatic carbocycles. The van der Waals surface area contributed by atoms with Gasteiger partial charge in [-0.3, -0.25) is 4.79 Å². The minimum atomic E-state index is -0.516. The summed E-state index contributed by atoms with van der Waals surface area (Å²) in [6.45, 7) is 3.82. The van der Waals surface area contributed by atoms with Gasteiger partial charge in [0.15, 0.2) is 0 Å². The number of primary amides is 1. The van der Waals surface area contributed by atoms with E-state index in [-0.39, 0.29) is 5.82 Å². The predicted molar refractivity (Wildman–Crippen MR) is 51.3 cm³/mol. The van der Waals surface area contributed by atoms with E-state index in [4.69, 9.17) is 11.5 Å². The van der Waals surface area contributed by atoms with Crippen LogP contribution in [0.2, 0.25) is 0 Å². The van der Waals surface area contributed by atoms with Gasteiger partial charge in [0.05, 0.1) is 5.56 Å². The fraction of sp³-hybridized carbons (Fsp3) is 0.333. The highest BCUT2D eigenvalue weighted by atomic mass is 16.1. The third-order valence-corrected chi connectivity index (χ3v) is 2.10. The van der Waals surface area contributed by atoms with Crippen LogP contribution in [0.1, 0.15) is 28.4 Å². The zero-order valence-electron chi connectivity index (χ0n) is 7.79. The molecule has 0 spiro atoms. The molecule has 0 saturated heterocycles. The topological polar surface area (TPSA) is 82.0 Å². The van der Waals surface area contributed by atoms with E-state index in [0.717, 1.165) is 17.5 Å². The van der Waals surface area contributed by atoms with E-state index in [1.165, 1.54) is 0 Å². The van der Waals surface area contributed by atoms with E-state index in [1.807, 2.05) is 13.8 Å². The maximum absolute atomic E-state index is 11.0. The van der Waals surface area contributed by atoms with Crippen LogP contribution in [0.4, 0.5) is 5.82 Å². The van der Waals surface area contributed by atoms with Gasteiger partial charge >= 0.3 is 0 Å². The molecular weight excluding hydrogens is 166 g/mol. The van der Waals surface area contributed by atoms with Gasteiger partial charge in [0.1, 0.15) is 5.82 Å². The van der Waals surface area contributed by atoms with Crippen molar-refractivity contribution in [3.05, 3.63) is 22.9 Å². The largest absolute Gasteiger partial charge is 0.383 e. The van der Waals surface area contributed by atoms with Crippen molar-refractivity contribution in [2.45, 2.75) is 20.3 Å². The number of aromatic nitrogens is 1. The standard InChI is InChI=1S/C9H13N3O/c1-3-6-4-12-8(10)7(5(6)2)9(11)13/h4H,3H2,1-2H3,(H2,10,12)(H2,11,13). The van der Waals surface area contributed by atoms with Gasteiger partial charge in [-0.05, 0) is 24.5 Å². The summed E-state index contributed by atoms with van der Waals surface area (Å²) in [7, 11) is 0. The molecule has 0 aliphatic rings.